The van der Waals surface area contributed by atoms with Crippen LogP contribution in [0.5, 0.6) is 0 Å². The molecule has 1 rings (SSSR count). The Morgan fingerprint density at radius 2 is 2.00 bits per heavy atom. The fourth-order valence-corrected chi connectivity index (χ4v) is 2.27. The fraction of sp³-hybridized carbons (Fsp3) is 0.857. The normalized spacial score (nSPS) is 16.8. The van der Waals surface area contributed by atoms with Crippen LogP contribution in [0.2, 0.25) is 0 Å². The first-order valence-corrected chi connectivity index (χ1v) is 6.96. The molecule has 0 aromatic heterocycles. The van der Waals surface area contributed by atoms with Gasteiger partial charge in [0, 0.05) is 20.1 Å². The zero-order valence-electron chi connectivity index (χ0n) is 12.4. The molecule has 110 valence electrons. The van der Waals surface area contributed by atoms with Crippen LogP contribution in [0.1, 0.15) is 40.0 Å². The topological polar surface area (TPSA) is 69.6 Å². The third-order valence-corrected chi connectivity index (χ3v) is 4.04. The molecule has 1 aliphatic carbocycles. The molecule has 0 aromatic carbocycles. The van der Waals surface area contributed by atoms with Gasteiger partial charge in [0.25, 0.3) is 0 Å². The van der Waals surface area contributed by atoms with Crippen LogP contribution >= 0.6 is 0 Å². The number of nitrogens with zero attached hydrogens (tertiary/aromatic N) is 1. The predicted molar refractivity (Wildman–Crippen MR) is 74.0 cm³/mol. The zero-order chi connectivity index (χ0) is 14.6. The van der Waals surface area contributed by atoms with Gasteiger partial charge in [0.05, 0.1) is 5.92 Å². The molecule has 1 atom stereocenters. The number of hydrogen-bond donors (Lipinski definition) is 2. The van der Waals surface area contributed by atoms with Crippen LogP contribution in [0.15, 0.2) is 0 Å². The highest BCUT2D eigenvalue weighted by molar-refractivity contribution is 5.75. The van der Waals surface area contributed by atoms with Crippen molar-refractivity contribution in [3.8, 4) is 0 Å². The van der Waals surface area contributed by atoms with Crippen molar-refractivity contribution in [1.82, 2.24) is 10.2 Å². The maximum Gasteiger partial charge on any atom is 0.317 e. The molecule has 0 spiro atoms. The third-order valence-electron chi connectivity index (χ3n) is 4.04. The Bertz CT molecular complexity index is 338. The van der Waals surface area contributed by atoms with Crippen LogP contribution < -0.4 is 5.32 Å². The van der Waals surface area contributed by atoms with Gasteiger partial charge in [-0.3, -0.25) is 4.79 Å². The van der Waals surface area contributed by atoms with E-state index in [0.29, 0.717) is 12.0 Å². The molecule has 1 saturated carbocycles. The second-order valence-corrected chi connectivity index (χ2v) is 6.36. The number of hydrogen-bond acceptors (Lipinski definition) is 2. The maximum absolute atomic E-state index is 11.8. The van der Waals surface area contributed by atoms with E-state index in [0.717, 1.165) is 12.3 Å². The molecule has 2 N–H and O–H groups in total. The van der Waals surface area contributed by atoms with Gasteiger partial charge in [-0.1, -0.05) is 20.8 Å². The van der Waals surface area contributed by atoms with Crippen molar-refractivity contribution < 1.29 is 14.7 Å². The molecule has 1 aliphatic rings. The Kier molecular flexibility index (Phi) is 5.20. The summed E-state index contributed by atoms with van der Waals surface area (Å²) < 4.78 is 0. The second kappa shape index (κ2) is 6.26. The molecule has 2 amide bonds. The van der Waals surface area contributed by atoms with E-state index in [1.54, 1.807) is 14.0 Å². The largest absolute Gasteiger partial charge is 0.481 e. The first kappa shape index (κ1) is 15.8. The molecule has 5 heteroatoms. The Morgan fingerprint density at radius 1 is 1.42 bits per heavy atom. The molecule has 0 saturated heterocycles. The van der Waals surface area contributed by atoms with Gasteiger partial charge in [-0.15, -0.1) is 0 Å². The van der Waals surface area contributed by atoms with Crippen molar-refractivity contribution in [1.29, 1.82) is 0 Å². The Balaban J connectivity index is 2.24. The minimum Gasteiger partial charge on any atom is -0.481 e. The van der Waals surface area contributed by atoms with Gasteiger partial charge >= 0.3 is 12.0 Å². The Morgan fingerprint density at radius 3 is 2.47 bits per heavy atom. The number of carbonyl (C=O) groups is 2. The van der Waals surface area contributed by atoms with Gasteiger partial charge < -0.3 is 15.3 Å². The number of aliphatic carboxylic acids is 1. The van der Waals surface area contributed by atoms with E-state index in [1.165, 1.54) is 17.7 Å². The molecule has 0 aromatic rings. The number of carboxylic acid groups (broad SMARTS) is 1. The molecule has 0 bridgehead atoms. The number of carbonyl (C=O) groups excluding carboxylic acids is 1. The SMILES string of the molecule is CC(CN(C)C(=O)NCCC(C)(C)C1CC1)C(=O)O. The van der Waals surface area contributed by atoms with Crippen molar-refractivity contribution in [3.63, 3.8) is 0 Å². The Hall–Kier alpha value is -1.26. The summed E-state index contributed by atoms with van der Waals surface area (Å²) in [4.78, 5) is 24.0. The number of amides is 2. The van der Waals surface area contributed by atoms with Gasteiger partial charge in [0.2, 0.25) is 0 Å². The van der Waals surface area contributed by atoms with Crippen LogP contribution in [0, 0.1) is 17.3 Å². The quantitative estimate of drug-likeness (QED) is 0.745. The molecule has 19 heavy (non-hydrogen) atoms. The highest BCUT2D eigenvalue weighted by atomic mass is 16.4. The monoisotopic (exact) mass is 270 g/mol. The molecule has 0 radical (unpaired) electrons. The smallest absolute Gasteiger partial charge is 0.317 e. The van der Waals surface area contributed by atoms with Crippen molar-refractivity contribution >= 4 is 12.0 Å². The minimum atomic E-state index is -0.880. The average Bonchev–Trinajstić information content (AvgIpc) is 3.12. The van der Waals surface area contributed by atoms with Gasteiger partial charge in [0.1, 0.15) is 0 Å². The van der Waals surface area contributed by atoms with Crippen LogP contribution in [-0.2, 0) is 4.79 Å². The second-order valence-electron chi connectivity index (χ2n) is 6.36. The minimum absolute atomic E-state index is 0.195. The van der Waals surface area contributed by atoms with Gasteiger partial charge in [-0.25, -0.2) is 4.79 Å². The molecule has 0 aliphatic heterocycles. The fourth-order valence-electron chi connectivity index (χ4n) is 2.27. The van der Waals surface area contributed by atoms with Gasteiger partial charge in [-0.2, -0.15) is 0 Å². The highest BCUT2D eigenvalue weighted by Gasteiger charge is 2.37. The highest BCUT2D eigenvalue weighted by Crippen LogP contribution is 2.46. The summed E-state index contributed by atoms with van der Waals surface area (Å²) in [5, 5.41) is 11.7. The summed E-state index contributed by atoms with van der Waals surface area (Å²) in [5.74, 6) is -0.623. The molecule has 0 heterocycles. The molecular formula is C14H26N2O3. The van der Waals surface area contributed by atoms with E-state index < -0.39 is 11.9 Å². The molecule has 5 nitrogen and oxygen atoms in total. The lowest BCUT2D eigenvalue weighted by atomic mass is 9.84. The first-order chi connectivity index (χ1) is 8.74. The van der Waals surface area contributed by atoms with Crippen LogP contribution in [0.3, 0.4) is 0 Å². The third kappa shape index (κ3) is 5.09. The van der Waals surface area contributed by atoms with Crippen molar-refractivity contribution in [2.75, 3.05) is 20.1 Å². The summed E-state index contributed by atoms with van der Waals surface area (Å²) in [6.45, 7) is 6.96. The van der Waals surface area contributed by atoms with E-state index >= 15 is 0 Å². The van der Waals surface area contributed by atoms with E-state index in [-0.39, 0.29) is 12.6 Å². The summed E-state index contributed by atoms with van der Waals surface area (Å²) in [5.41, 5.74) is 0.292. The number of rotatable bonds is 7. The number of urea groups is 1. The number of nitrogens with one attached hydrogen (secondary N) is 1. The zero-order valence-corrected chi connectivity index (χ0v) is 12.4. The van der Waals surface area contributed by atoms with E-state index in [9.17, 15) is 9.59 Å². The van der Waals surface area contributed by atoms with E-state index in [1.807, 2.05) is 0 Å². The van der Waals surface area contributed by atoms with Gasteiger partial charge in [0.15, 0.2) is 0 Å². The summed E-state index contributed by atoms with van der Waals surface area (Å²) in [6, 6.07) is -0.195. The van der Waals surface area contributed by atoms with Crippen molar-refractivity contribution in [3.05, 3.63) is 0 Å². The first-order valence-electron chi connectivity index (χ1n) is 6.96. The van der Waals surface area contributed by atoms with Crippen molar-refractivity contribution in [2.24, 2.45) is 17.3 Å². The standard InChI is InChI=1S/C14H26N2O3/c1-10(12(17)18)9-16(4)13(19)15-8-7-14(2,3)11-5-6-11/h10-11H,5-9H2,1-4H3,(H,15,19)(H,17,18). The summed E-state index contributed by atoms with van der Waals surface area (Å²) in [6.07, 6.45) is 3.57. The summed E-state index contributed by atoms with van der Waals surface area (Å²) in [7, 11) is 1.63. The van der Waals surface area contributed by atoms with Crippen molar-refractivity contribution in [2.45, 2.75) is 40.0 Å². The predicted octanol–water partition coefficient (Wildman–Crippen LogP) is 2.17. The number of carboxylic acids is 1. The lowest BCUT2D eigenvalue weighted by Gasteiger charge is -2.25. The van der Waals surface area contributed by atoms with E-state index in [4.69, 9.17) is 5.11 Å². The molecule has 1 unspecified atom stereocenters. The molecular weight excluding hydrogens is 244 g/mol. The average molecular weight is 270 g/mol. The lowest BCUT2D eigenvalue weighted by Crippen LogP contribution is -2.41. The van der Waals surface area contributed by atoms with Crippen LogP contribution in [0.4, 0.5) is 4.79 Å². The molecule has 1 fully saturated rings. The van der Waals surface area contributed by atoms with Crippen LogP contribution in [0.25, 0.3) is 0 Å². The summed E-state index contributed by atoms with van der Waals surface area (Å²) >= 11 is 0. The van der Waals surface area contributed by atoms with E-state index in [2.05, 4.69) is 19.2 Å². The maximum atomic E-state index is 11.8. The lowest BCUT2D eigenvalue weighted by molar-refractivity contribution is -0.141. The van der Waals surface area contributed by atoms with Gasteiger partial charge in [-0.05, 0) is 30.6 Å². The Labute approximate surface area is 115 Å². The van der Waals surface area contributed by atoms with Crippen LogP contribution in [-0.4, -0.2) is 42.1 Å².